The second kappa shape index (κ2) is 11.9. The third-order valence-electron chi connectivity index (χ3n) is 10.2. The molecule has 3 heterocycles. The fraction of sp³-hybridized carbons (Fsp3) is 0.0213. The zero-order chi connectivity index (χ0) is 33.9. The van der Waals surface area contributed by atoms with Gasteiger partial charge in [0.05, 0.1) is 0 Å². The molecule has 7 aromatic carbocycles. The van der Waals surface area contributed by atoms with Crippen molar-refractivity contribution in [1.29, 1.82) is 0 Å². The maximum Gasteiger partial charge on any atom is 0.182 e. The Kier molecular flexibility index (Phi) is 6.94. The topological polar surface area (TPSA) is 30.2 Å². The van der Waals surface area contributed by atoms with Crippen molar-refractivity contribution in [1.82, 2.24) is 14.6 Å². The number of aryl methyl sites for hydroxylation is 1. The molecule has 0 bridgehead atoms. The molecule has 240 valence electrons. The van der Waals surface area contributed by atoms with Gasteiger partial charge >= 0.3 is 0 Å². The highest BCUT2D eigenvalue weighted by atomic mass is 31.1. The molecule has 0 aliphatic carbocycles. The van der Waals surface area contributed by atoms with Gasteiger partial charge in [0.15, 0.2) is 11.5 Å². The molecule has 10 aromatic rings. The first kappa shape index (κ1) is 29.6. The van der Waals surface area contributed by atoms with E-state index in [1.807, 2.05) is 16.6 Å². The standard InChI is InChI=1S/C47H32N3P/c1-51-44-22-11-10-19-39(44)40-20-12-21-41(45(40)51)43-28-36(27-35-17-8-9-18-38(35)43)32-23-25-34(26-24-32)46-48-47-42(33-15-6-3-7-16-33)29-37(30-50(47)49-46)31-13-4-2-5-14-31/h2-30H,1H3. The van der Waals surface area contributed by atoms with Crippen molar-refractivity contribution >= 4 is 45.0 Å². The first-order valence-corrected chi connectivity index (χ1v) is 19.1. The van der Waals surface area contributed by atoms with Crippen LogP contribution in [0.5, 0.6) is 0 Å². The van der Waals surface area contributed by atoms with Gasteiger partial charge in [0.1, 0.15) is 0 Å². The predicted molar refractivity (Wildman–Crippen MR) is 216 cm³/mol. The molecule has 1 atom stereocenters. The van der Waals surface area contributed by atoms with Gasteiger partial charge in [0.25, 0.3) is 0 Å². The van der Waals surface area contributed by atoms with Crippen LogP contribution in [-0.2, 0) is 6.66 Å². The molecule has 10 rings (SSSR count). The van der Waals surface area contributed by atoms with E-state index in [1.54, 1.807) is 0 Å². The van der Waals surface area contributed by atoms with Gasteiger partial charge in [-0.05, 0) is 79.8 Å². The number of fused-ring (bicyclic) bond motifs is 5. The number of aromatic nitrogens is 3. The summed E-state index contributed by atoms with van der Waals surface area (Å²) in [7, 11) is -0.448. The predicted octanol–water partition coefficient (Wildman–Crippen LogP) is 13.0. The van der Waals surface area contributed by atoms with E-state index in [4.69, 9.17) is 10.1 Å². The molecule has 0 radical (unpaired) electrons. The van der Waals surface area contributed by atoms with Crippen LogP contribution in [0, 0.1) is 0 Å². The molecule has 0 saturated carbocycles. The van der Waals surface area contributed by atoms with Crippen LogP contribution in [0.1, 0.15) is 0 Å². The van der Waals surface area contributed by atoms with E-state index in [2.05, 4.69) is 171 Å². The quantitative estimate of drug-likeness (QED) is 0.183. The summed E-state index contributed by atoms with van der Waals surface area (Å²) >= 11 is 0. The smallest absolute Gasteiger partial charge is 0.182 e. The number of benzene rings is 7. The van der Waals surface area contributed by atoms with Crippen molar-refractivity contribution in [3.05, 3.63) is 176 Å². The molecule has 0 N–H and O–H groups in total. The lowest BCUT2D eigenvalue weighted by atomic mass is 9.92. The van der Waals surface area contributed by atoms with Gasteiger partial charge in [0, 0.05) is 33.1 Å². The Morgan fingerprint density at radius 3 is 1.88 bits per heavy atom. The fourth-order valence-electron chi connectivity index (χ4n) is 7.69. The molecular weight excluding hydrogens is 638 g/mol. The lowest BCUT2D eigenvalue weighted by molar-refractivity contribution is 0.968. The summed E-state index contributed by atoms with van der Waals surface area (Å²) in [5.74, 6) is 0.707. The Labute approximate surface area is 297 Å². The van der Waals surface area contributed by atoms with E-state index in [1.165, 1.54) is 54.0 Å². The van der Waals surface area contributed by atoms with Gasteiger partial charge in [-0.15, -0.1) is 12.6 Å². The summed E-state index contributed by atoms with van der Waals surface area (Å²) in [4.78, 5) is 5.10. The van der Waals surface area contributed by atoms with Crippen LogP contribution in [0.15, 0.2) is 176 Å². The second-order valence-electron chi connectivity index (χ2n) is 13.2. The Morgan fingerprint density at radius 2 is 1.08 bits per heavy atom. The minimum Gasteiger partial charge on any atom is -0.219 e. The zero-order valence-corrected chi connectivity index (χ0v) is 28.9. The van der Waals surface area contributed by atoms with E-state index in [-0.39, 0.29) is 0 Å². The molecule has 0 amide bonds. The molecular formula is C47H32N3P. The Morgan fingerprint density at radius 1 is 0.451 bits per heavy atom. The lowest BCUT2D eigenvalue weighted by Crippen LogP contribution is -1.93. The normalized spacial score (nSPS) is 12.0. The molecule has 3 aromatic heterocycles. The number of nitrogens with zero attached hydrogens (tertiary/aromatic N) is 3. The Bertz CT molecular complexity index is 2900. The van der Waals surface area contributed by atoms with E-state index >= 15 is 0 Å². The van der Waals surface area contributed by atoms with Crippen LogP contribution < -0.4 is 0 Å². The molecule has 0 fully saturated rings. The van der Waals surface area contributed by atoms with Crippen molar-refractivity contribution in [2.45, 2.75) is 0 Å². The van der Waals surface area contributed by atoms with Crippen molar-refractivity contribution in [2.24, 2.45) is 6.66 Å². The van der Waals surface area contributed by atoms with Gasteiger partial charge in [-0.1, -0.05) is 152 Å². The van der Waals surface area contributed by atoms with E-state index in [9.17, 15) is 0 Å². The number of hydrogen-bond acceptors (Lipinski definition) is 2. The number of rotatable bonds is 5. The maximum absolute atomic E-state index is 5.10. The minimum atomic E-state index is -0.448. The highest BCUT2D eigenvalue weighted by Gasteiger charge is 2.17. The Hall–Kier alpha value is -6.28. The summed E-state index contributed by atoms with van der Waals surface area (Å²) in [5, 5.41) is 13.3. The zero-order valence-electron chi connectivity index (χ0n) is 28.0. The van der Waals surface area contributed by atoms with Crippen molar-refractivity contribution in [3.8, 4) is 55.9 Å². The monoisotopic (exact) mass is 669 g/mol. The van der Waals surface area contributed by atoms with Gasteiger partial charge in [-0.25, -0.2) is 9.50 Å². The summed E-state index contributed by atoms with van der Waals surface area (Å²) in [5.41, 5.74) is 11.2. The van der Waals surface area contributed by atoms with Crippen molar-refractivity contribution in [2.75, 3.05) is 0 Å². The lowest BCUT2D eigenvalue weighted by Gasteiger charge is -2.13. The minimum absolute atomic E-state index is 0.448. The summed E-state index contributed by atoms with van der Waals surface area (Å²) in [6.45, 7) is 2.41. The molecule has 0 spiro atoms. The first-order chi connectivity index (χ1) is 25.2. The van der Waals surface area contributed by atoms with E-state index in [0.29, 0.717) is 5.82 Å². The van der Waals surface area contributed by atoms with E-state index in [0.717, 1.165) is 33.5 Å². The van der Waals surface area contributed by atoms with Crippen LogP contribution in [0.25, 0.3) is 93.3 Å². The third-order valence-corrected chi connectivity index (χ3v) is 12.4. The SMILES string of the molecule is Cp1c2ccccc2c2cccc(-c3cc(-c4ccc(-c5nc6c(-c7ccccc7)cc(-c7ccccc7)cn6n5)cc4)cc4ccccc34)c21. The van der Waals surface area contributed by atoms with Crippen LogP contribution in [-0.4, -0.2) is 14.6 Å². The summed E-state index contributed by atoms with van der Waals surface area (Å²) < 4.78 is 1.93. The van der Waals surface area contributed by atoms with Gasteiger partial charge in [0.2, 0.25) is 0 Å². The fourth-order valence-corrected chi connectivity index (χ4v) is 9.91. The van der Waals surface area contributed by atoms with Crippen molar-refractivity contribution in [3.63, 3.8) is 0 Å². The van der Waals surface area contributed by atoms with Gasteiger partial charge < -0.3 is 0 Å². The van der Waals surface area contributed by atoms with Crippen LogP contribution in [0.3, 0.4) is 0 Å². The average molecular weight is 670 g/mol. The third kappa shape index (κ3) is 4.97. The highest BCUT2D eigenvalue weighted by molar-refractivity contribution is 7.60. The van der Waals surface area contributed by atoms with Crippen LogP contribution in [0.2, 0.25) is 0 Å². The molecule has 0 saturated heterocycles. The van der Waals surface area contributed by atoms with Crippen LogP contribution >= 0.6 is 7.53 Å². The number of pyridine rings is 1. The molecule has 0 aliphatic heterocycles. The molecule has 0 aliphatic rings. The maximum atomic E-state index is 5.10. The van der Waals surface area contributed by atoms with Gasteiger partial charge in [-0.2, -0.15) is 0 Å². The largest absolute Gasteiger partial charge is 0.219 e. The second-order valence-corrected chi connectivity index (χ2v) is 15.2. The van der Waals surface area contributed by atoms with Gasteiger partial charge in [-0.3, -0.25) is 0 Å². The highest BCUT2D eigenvalue weighted by Crippen LogP contribution is 2.51. The Balaban J connectivity index is 1.09. The average Bonchev–Trinajstić information content (AvgIpc) is 3.77. The summed E-state index contributed by atoms with van der Waals surface area (Å²) in [6, 6.07) is 61.1. The molecule has 3 nitrogen and oxygen atoms in total. The molecule has 4 heteroatoms. The van der Waals surface area contributed by atoms with E-state index < -0.39 is 7.53 Å². The molecule has 1 unspecified atom stereocenters. The van der Waals surface area contributed by atoms with Crippen LogP contribution in [0.4, 0.5) is 0 Å². The first-order valence-electron chi connectivity index (χ1n) is 17.3. The number of hydrogen-bond donors (Lipinski definition) is 0. The summed E-state index contributed by atoms with van der Waals surface area (Å²) in [6.07, 6.45) is 2.08. The van der Waals surface area contributed by atoms with Crippen molar-refractivity contribution < 1.29 is 0 Å². The molecule has 51 heavy (non-hydrogen) atoms.